The second kappa shape index (κ2) is 4.29. The summed E-state index contributed by atoms with van der Waals surface area (Å²) >= 11 is 3.47. The molecule has 0 atom stereocenters. The van der Waals surface area contributed by atoms with E-state index >= 15 is 0 Å². The topological polar surface area (TPSA) is 37.9 Å². The molecule has 0 bridgehead atoms. The molecule has 1 aromatic carbocycles. The van der Waals surface area contributed by atoms with Crippen molar-refractivity contribution in [1.29, 1.82) is 0 Å². The lowest BCUT2D eigenvalue weighted by atomic mass is 10.1. The van der Waals surface area contributed by atoms with E-state index in [-0.39, 0.29) is 0 Å². The normalized spacial score (nSPS) is 10.5. The number of benzene rings is 1. The van der Waals surface area contributed by atoms with Crippen molar-refractivity contribution >= 4 is 15.9 Å². The van der Waals surface area contributed by atoms with Gasteiger partial charge in [0.25, 0.3) is 0 Å². The molecule has 0 amide bonds. The lowest BCUT2D eigenvalue weighted by Gasteiger charge is -2.05. The number of halogens is 1. The van der Waals surface area contributed by atoms with Crippen molar-refractivity contribution in [2.24, 2.45) is 0 Å². The monoisotopic (exact) mass is 280 g/mol. The first kappa shape index (κ1) is 11.2. The van der Waals surface area contributed by atoms with Crippen molar-refractivity contribution in [3.05, 3.63) is 34.2 Å². The molecule has 0 radical (unpaired) electrons. The van der Waals surface area contributed by atoms with E-state index < -0.39 is 0 Å². The van der Waals surface area contributed by atoms with Gasteiger partial charge in [0.1, 0.15) is 11.6 Å². The maximum absolute atomic E-state index is 5.20. The fraction of sp³-hybridized carbons (Fsp3) is 0.250. The Morgan fingerprint density at radius 3 is 2.56 bits per heavy atom. The largest absolute Gasteiger partial charge is 0.496 e. The van der Waals surface area contributed by atoms with E-state index in [4.69, 9.17) is 4.74 Å². The van der Waals surface area contributed by atoms with Crippen LogP contribution in [0.5, 0.6) is 5.75 Å². The molecule has 4 heteroatoms. The Bertz CT molecular complexity index is 520. The van der Waals surface area contributed by atoms with Crippen molar-refractivity contribution in [3.8, 4) is 17.0 Å². The van der Waals surface area contributed by atoms with Gasteiger partial charge in [0, 0.05) is 11.3 Å². The highest BCUT2D eigenvalue weighted by Crippen LogP contribution is 2.30. The van der Waals surface area contributed by atoms with Crippen LogP contribution in [0.4, 0.5) is 0 Å². The van der Waals surface area contributed by atoms with Crippen LogP contribution in [0.1, 0.15) is 11.5 Å². The smallest absolute Gasteiger partial charge is 0.133 e. The van der Waals surface area contributed by atoms with Crippen LogP contribution in [-0.4, -0.2) is 17.1 Å². The summed E-state index contributed by atoms with van der Waals surface area (Å²) in [5, 5.41) is 0. The van der Waals surface area contributed by atoms with Crippen LogP contribution in [-0.2, 0) is 0 Å². The molecule has 2 aromatic rings. The summed E-state index contributed by atoms with van der Waals surface area (Å²) in [5.74, 6) is 1.76. The zero-order valence-electron chi connectivity index (χ0n) is 9.47. The fourth-order valence-corrected chi connectivity index (χ4v) is 2.25. The van der Waals surface area contributed by atoms with Crippen LogP contribution in [0.25, 0.3) is 11.3 Å². The Labute approximate surface area is 103 Å². The van der Waals surface area contributed by atoms with E-state index in [1.165, 1.54) is 0 Å². The predicted molar refractivity (Wildman–Crippen MR) is 67.7 cm³/mol. The Hall–Kier alpha value is -1.29. The summed E-state index contributed by atoms with van der Waals surface area (Å²) in [7, 11) is 1.66. The molecule has 1 N–H and O–H groups in total. The van der Waals surface area contributed by atoms with E-state index in [0.717, 1.165) is 33.0 Å². The molecule has 2 rings (SSSR count). The molecule has 3 nitrogen and oxygen atoms in total. The molecule has 1 aromatic heterocycles. The second-order valence-corrected chi connectivity index (χ2v) is 4.50. The first-order valence-electron chi connectivity index (χ1n) is 4.99. The van der Waals surface area contributed by atoms with Gasteiger partial charge in [-0.3, -0.25) is 0 Å². The first-order chi connectivity index (χ1) is 7.61. The minimum absolute atomic E-state index is 0.827. The second-order valence-electron chi connectivity index (χ2n) is 3.65. The lowest BCUT2D eigenvalue weighted by Crippen LogP contribution is -1.86. The number of ether oxygens (including phenoxy) is 1. The van der Waals surface area contributed by atoms with E-state index in [1.54, 1.807) is 7.11 Å². The number of aromatic amines is 1. The first-order valence-corrected chi connectivity index (χ1v) is 5.78. The standard InChI is InChI=1S/C12H13BrN2O/c1-7-12(15-8(2)14-7)9-4-5-11(16-3)10(13)6-9/h4-6H,1-3H3,(H,14,15). The van der Waals surface area contributed by atoms with Gasteiger partial charge in [-0.25, -0.2) is 4.98 Å². The van der Waals surface area contributed by atoms with Crippen molar-refractivity contribution in [2.45, 2.75) is 13.8 Å². The molecule has 16 heavy (non-hydrogen) atoms. The Morgan fingerprint density at radius 1 is 1.31 bits per heavy atom. The summed E-state index contributed by atoms with van der Waals surface area (Å²) in [6.45, 7) is 3.97. The molecule has 0 saturated carbocycles. The lowest BCUT2D eigenvalue weighted by molar-refractivity contribution is 0.412. The van der Waals surface area contributed by atoms with Gasteiger partial charge in [-0.1, -0.05) is 0 Å². The molecular weight excluding hydrogens is 268 g/mol. The third-order valence-corrected chi connectivity index (χ3v) is 3.05. The van der Waals surface area contributed by atoms with Crippen molar-refractivity contribution in [1.82, 2.24) is 9.97 Å². The number of aryl methyl sites for hydroxylation is 2. The van der Waals surface area contributed by atoms with Crippen LogP contribution in [0.3, 0.4) is 0 Å². The summed E-state index contributed by atoms with van der Waals surface area (Å²) in [4.78, 5) is 7.66. The van der Waals surface area contributed by atoms with Gasteiger partial charge in [-0.15, -0.1) is 0 Å². The molecule has 0 aliphatic rings. The van der Waals surface area contributed by atoms with E-state index in [1.807, 2.05) is 32.0 Å². The Morgan fingerprint density at radius 2 is 2.06 bits per heavy atom. The van der Waals surface area contributed by atoms with Crippen LogP contribution < -0.4 is 4.74 Å². The SMILES string of the molecule is COc1ccc(-c2nc(C)[nH]c2C)cc1Br. The van der Waals surface area contributed by atoms with E-state index in [9.17, 15) is 0 Å². The fourth-order valence-electron chi connectivity index (χ4n) is 1.70. The van der Waals surface area contributed by atoms with Gasteiger partial charge in [0.2, 0.25) is 0 Å². The number of methoxy groups -OCH3 is 1. The minimum atomic E-state index is 0.827. The highest BCUT2D eigenvalue weighted by molar-refractivity contribution is 9.10. The van der Waals surface area contributed by atoms with E-state index in [2.05, 4.69) is 25.9 Å². The molecule has 0 aliphatic carbocycles. The molecule has 0 fully saturated rings. The van der Waals surface area contributed by atoms with Gasteiger partial charge in [-0.05, 0) is 48.0 Å². The summed E-state index contributed by atoms with van der Waals surface area (Å²) in [6, 6.07) is 5.95. The van der Waals surface area contributed by atoms with Crippen molar-refractivity contribution < 1.29 is 4.74 Å². The highest BCUT2D eigenvalue weighted by atomic mass is 79.9. The van der Waals surface area contributed by atoms with Gasteiger partial charge in [0.05, 0.1) is 17.3 Å². The molecule has 0 spiro atoms. The third kappa shape index (κ3) is 1.97. The zero-order valence-corrected chi connectivity index (χ0v) is 11.1. The molecule has 0 aliphatic heterocycles. The minimum Gasteiger partial charge on any atom is -0.496 e. The number of nitrogens with one attached hydrogen (secondary N) is 1. The van der Waals surface area contributed by atoms with Crippen molar-refractivity contribution in [3.63, 3.8) is 0 Å². The number of nitrogens with zero attached hydrogens (tertiary/aromatic N) is 1. The number of aromatic nitrogens is 2. The van der Waals surface area contributed by atoms with Crippen LogP contribution in [0, 0.1) is 13.8 Å². The summed E-state index contributed by atoms with van der Waals surface area (Å²) < 4.78 is 6.13. The average Bonchev–Trinajstić information content (AvgIpc) is 2.58. The Balaban J connectivity index is 2.49. The molecular formula is C12H13BrN2O. The summed E-state index contributed by atoms with van der Waals surface area (Å²) in [6.07, 6.45) is 0. The number of H-pyrrole nitrogens is 1. The molecule has 0 saturated heterocycles. The molecule has 84 valence electrons. The maximum Gasteiger partial charge on any atom is 0.133 e. The number of rotatable bonds is 2. The summed E-state index contributed by atoms with van der Waals surface area (Å²) in [5.41, 5.74) is 3.14. The van der Waals surface area contributed by atoms with Crippen LogP contribution in [0.15, 0.2) is 22.7 Å². The quantitative estimate of drug-likeness (QED) is 0.915. The third-order valence-electron chi connectivity index (χ3n) is 2.43. The molecule has 0 unspecified atom stereocenters. The van der Waals surface area contributed by atoms with Gasteiger partial charge >= 0.3 is 0 Å². The van der Waals surface area contributed by atoms with E-state index in [0.29, 0.717) is 0 Å². The highest BCUT2D eigenvalue weighted by Gasteiger charge is 2.09. The van der Waals surface area contributed by atoms with Gasteiger partial charge in [0.15, 0.2) is 0 Å². The van der Waals surface area contributed by atoms with Gasteiger partial charge < -0.3 is 9.72 Å². The maximum atomic E-state index is 5.20. The number of hydrogen-bond acceptors (Lipinski definition) is 2. The Kier molecular flexibility index (Phi) is 3.01. The average molecular weight is 281 g/mol. The number of imidazole rings is 1. The zero-order chi connectivity index (χ0) is 11.7. The molecule has 1 heterocycles. The van der Waals surface area contributed by atoms with Crippen LogP contribution >= 0.6 is 15.9 Å². The van der Waals surface area contributed by atoms with Crippen LogP contribution in [0.2, 0.25) is 0 Å². The van der Waals surface area contributed by atoms with Crippen molar-refractivity contribution in [2.75, 3.05) is 7.11 Å². The van der Waals surface area contributed by atoms with Gasteiger partial charge in [-0.2, -0.15) is 0 Å². The predicted octanol–water partition coefficient (Wildman–Crippen LogP) is 3.46. The number of hydrogen-bond donors (Lipinski definition) is 1.